The van der Waals surface area contributed by atoms with Crippen molar-refractivity contribution in [3.63, 3.8) is 0 Å². The summed E-state index contributed by atoms with van der Waals surface area (Å²) in [6, 6.07) is 0. The topological polar surface area (TPSA) is 74.1 Å². The fourth-order valence-corrected chi connectivity index (χ4v) is 0.806. The van der Waals surface area contributed by atoms with Crippen molar-refractivity contribution in [2.24, 2.45) is 0 Å². The Kier molecular flexibility index (Phi) is 3.73. The fourth-order valence-electron chi connectivity index (χ4n) is 0.806. The normalized spacial score (nSPS) is 9.67. The Morgan fingerprint density at radius 1 is 1.53 bits per heavy atom. The molecule has 0 aliphatic carbocycles. The molecule has 0 amide bonds. The van der Waals surface area contributed by atoms with Crippen LogP contribution in [0.15, 0.2) is 24.8 Å². The Morgan fingerprint density at radius 2 is 2.27 bits per heavy atom. The maximum Gasteiger partial charge on any atom is 0.333 e. The minimum atomic E-state index is -0.499. The lowest BCUT2D eigenvalue weighted by Crippen LogP contribution is -2.15. The molecule has 0 fully saturated rings. The summed E-state index contributed by atoms with van der Waals surface area (Å²) in [5, 5.41) is 3.65. The first-order chi connectivity index (χ1) is 7.11. The zero-order valence-electron chi connectivity index (χ0n) is 8.34. The molecule has 0 unspecified atom stereocenters. The first kappa shape index (κ1) is 11.1. The Morgan fingerprint density at radius 3 is 2.80 bits per heavy atom. The molecular weight excluding hydrogens is 198 g/mol. The SMILES string of the molecule is C=C(C)C(=O)OCCC(=O)n1cncn1. The standard InChI is InChI=1S/C9H11N3O3/c1-7(2)9(14)15-4-3-8(13)12-6-10-5-11-12/h5-6H,1,3-4H2,2H3. The Balaban J connectivity index is 2.30. The second-order valence-electron chi connectivity index (χ2n) is 2.90. The van der Waals surface area contributed by atoms with Crippen LogP contribution in [-0.2, 0) is 9.53 Å². The number of nitrogens with zero attached hydrogens (tertiary/aromatic N) is 3. The zero-order chi connectivity index (χ0) is 11.3. The van der Waals surface area contributed by atoms with Gasteiger partial charge in [-0.25, -0.2) is 9.78 Å². The summed E-state index contributed by atoms with van der Waals surface area (Å²) in [7, 11) is 0. The molecule has 6 heteroatoms. The number of ether oxygens (including phenoxy) is 1. The minimum absolute atomic E-state index is 0.0182. The molecule has 1 aromatic rings. The van der Waals surface area contributed by atoms with E-state index < -0.39 is 5.97 Å². The molecule has 1 aromatic heterocycles. The largest absolute Gasteiger partial charge is 0.462 e. The van der Waals surface area contributed by atoms with Crippen molar-refractivity contribution in [3.05, 3.63) is 24.8 Å². The van der Waals surface area contributed by atoms with Crippen molar-refractivity contribution < 1.29 is 14.3 Å². The molecule has 0 N–H and O–H groups in total. The summed E-state index contributed by atoms with van der Waals surface area (Å²) < 4.78 is 5.84. The lowest BCUT2D eigenvalue weighted by atomic mass is 10.3. The van der Waals surface area contributed by atoms with Gasteiger partial charge in [0.15, 0.2) is 0 Å². The summed E-state index contributed by atoms with van der Waals surface area (Å²) in [5.74, 6) is -0.775. The highest BCUT2D eigenvalue weighted by atomic mass is 16.5. The number of aromatic nitrogens is 3. The average molecular weight is 209 g/mol. The first-order valence-electron chi connectivity index (χ1n) is 4.31. The number of rotatable bonds is 4. The van der Waals surface area contributed by atoms with Crippen LogP contribution in [0.3, 0.4) is 0 Å². The summed E-state index contributed by atoms with van der Waals surface area (Å²) in [4.78, 5) is 25.9. The van der Waals surface area contributed by atoms with Crippen LogP contribution >= 0.6 is 0 Å². The molecule has 0 aliphatic heterocycles. The second kappa shape index (κ2) is 5.04. The van der Waals surface area contributed by atoms with E-state index in [1.165, 1.54) is 12.7 Å². The minimum Gasteiger partial charge on any atom is -0.462 e. The van der Waals surface area contributed by atoms with E-state index >= 15 is 0 Å². The molecule has 0 aliphatic rings. The zero-order valence-corrected chi connectivity index (χ0v) is 8.34. The third-order valence-electron chi connectivity index (χ3n) is 1.57. The van der Waals surface area contributed by atoms with Crippen LogP contribution < -0.4 is 0 Å². The number of hydrogen-bond donors (Lipinski definition) is 0. The van der Waals surface area contributed by atoms with Gasteiger partial charge in [0, 0.05) is 5.57 Å². The molecule has 0 saturated carbocycles. The smallest absolute Gasteiger partial charge is 0.333 e. The number of carbonyl (C=O) groups is 2. The lowest BCUT2D eigenvalue weighted by molar-refractivity contribution is -0.138. The van der Waals surface area contributed by atoms with Gasteiger partial charge in [0.2, 0.25) is 0 Å². The maximum atomic E-state index is 11.3. The van der Waals surface area contributed by atoms with Crippen LogP contribution in [0, 0.1) is 0 Å². The van der Waals surface area contributed by atoms with Crippen molar-refractivity contribution in [1.29, 1.82) is 0 Å². The van der Waals surface area contributed by atoms with Crippen LogP contribution in [0.2, 0.25) is 0 Å². The second-order valence-corrected chi connectivity index (χ2v) is 2.90. The molecule has 0 saturated heterocycles. The maximum absolute atomic E-state index is 11.3. The number of carbonyl (C=O) groups excluding carboxylic acids is 2. The predicted molar refractivity (Wildman–Crippen MR) is 51.0 cm³/mol. The van der Waals surface area contributed by atoms with Crippen molar-refractivity contribution in [2.45, 2.75) is 13.3 Å². The van der Waals surface area contributed by atoms with Gasteiger partial charge in [-0.2, -0.15) is 9.78 Å². The fraction of sp³-hybridized carbons (Fsp3) is 0.333. The Hall–Kier alpha value is -1.98. The third kappa shape index (κ3) is 3.34. The molecule has 0 spiro atoms. The highest BCUT2D eigenvalue weighted by Gasteiger charge is 2.07. The van der Waals surface area contributed by atoms with Gasteiger partial charge in [-0.3, -0.25) is 4.79 Å². The molecular formula is C9H11N3O3. The predicted octanol–water partition coefficient (Wildman–Crippen LogP) is 0.428. The molecule has 15 heavy (non-hydrogen) atoms. The molecule has 0 aromatic carbocycles. The van der Waals surface area contributed by atoms with E-state index in [1.54, 1.807) is 6.92 Å². The van der Waals surface area contributed by atoms with Crippen molar-refractivity contribution in [3.8, 4) is 0 Å². The van der Waals surface area contributed by atoms with Crippen LogP contribution in [-0.4, -0.2) is 33.2 Å². The monoisotopic (exact) mass is 209 g/mol. The molecule has 80 valence electrons. The quantitative estimate of drug-likeness (QED) is 0.531. The highest BCUT2D eigenvalue weighted by Crippen LogP contribution is 1.95. The molecule has 1 rings (SSSR count). The van der Waals surface area contributed by atoms with Gasteiger partial charge in [0.05, 0.1) is 6.42 Å². The van der Waals surface area contributed by atoms with Crippen molar-refractivity contribution >= 4 is 11.9 Å². The molecule has 1 heterocycles. The van der Waals surface area contributed by atoms with Crippen LogP contribution in [0.1, 0.15) is 18.1 Å². The van der Waals surface area contributed by atoms with Gasteiger partial charge < -0.3 is 4.74 Å². The molecule has 0 atom stereocenters. The lowest BCUT2D eigenvalue weighted by Gasteiger charge is -2.02. The summed E-state index contributed by atoms with van der Waals surface area (Å²) in [6.45, 7) is 4.98. The van der Waals surface area contributed by atoms with Crippen molar-refractivity contribution in [2.75, 3.05) is 6.61 Å². The third-order valence-corrected chi connectivity index (χ3v) is 1.57. The van der Waals surface area contributed by atoms with E-state index in [-0.39, 0.29) is 18.9 Å². The Bertz CT molecular complexity index is 370. The Labute approximate surface area is 86.6 Å². The van der Waals surface area contributed by atoms with Crippen molar-refractivity contribution in [1.82, 2.24) is 14.8 Å². The number of hydrogen-bond acceptors (Lipinski definition) is 5. The van der Waals surface area contributed by atoms with Gasteiger partial charge in [0.1, 0.15) is 19.3 Å². The van der Waals surface area contributed by atoms with Gasteiger partial charge >= 0.3 is 5.97 Å². The van der Waals surface area contributed by atoms with Gasteiger partial charge in [-0.15, -0.1) is 0 Å². The first-order valence-corrected chi connectivity index (χ1v) is 4.31. The van der Waals surface area contributed by atoms with Crippen LogP contribution in [0.25, 0.3) is 0 Å². The number of esters is 1. The van der Waals surface area contributed by atoms with E-state index in [4.69, 9.17) is 4.74 Å². The highest BCUT2D eigenvalue weighted by molar-refractivity contribution is 5.87. The van der Waals surface area contributed by atoms with E-state index in [0.717, 1.165) is 4.68 Å². The van der Waals surface area contributed by atoms with E-state index in [1.807, 2.05) is 0 Å². The molecule has 0 radical (unpaired) electrons. The summed E-state index contributed by atoms with van der Waals surface area (Å²) in [5.41, 5.74) is 0.309. The summed E-state index contributed by atoms with van der Waals surface area (Å²) in [6.07, 6.45) is 2.63. The van der Waals surface area contributed by atoms with Crippen LogP contribution in [0.5, 0.6) is 0 Å². The van der Waals surface area contributed by atoms with Crippen LogP contribution in [0.4, 0.5) is 0 Å². The van der Waals surface area contributed by atoms with E-state index in [2.05, 4.69) is 16.7 Å². The summed E-state index contributed by atoms with van der Waals surface area (Å²) >= 11 is 0. The molecule has 6 nitrogen and oxygen atoms in total. The van der Waals surface area contributed by atoms with Gasteiger partial charge in [-0.05, 0) is 6.92 Å². The van der Waals surface area contributed by atoms with E-state index in [9.17, 15) is 9.59 Å². The molecule has 0 bridgehead atoms. The van der Waals surface area contributed by atoms with Gasteiger partial charge in [0.25, 0.3) is 5.91 Å². The van der Waals surface area contributed by atoms with Gasteiger partial charge in [-0.1, -0.05) is 6.58 Å². The van der Waals surface area contributed by atoms with E-state index in [0.29, 0.717) is 5.57 Å². The average Bonchev–Trinajstić information content (AvgIpc) is 2.70.